The van der Waals surface area contributed by atoms with Crippen molar-refractivity contribution in [3.63, 3.8) is 0 Å². The molecule has 0 radical (unpaired) electrons. The highest BCUT2D eigenvalue weighted by molar-refractivity contribution is 6.30. The van der Waals surface area contributed by atoms with Crippen molar-refractivity contribution in [2.24, 2.45) is 0 Å². The Kier molecular flexibility index (Phi) is 4.11. The fraction of sp³-hybridized carbons (Fsp3) is 0.118. The van der Waals surface area contributed by atoms with Crippen LogP contribution in [0.25, 0.3) is 10.9 Å². The lowest BCUT2D eigenvalue weighted by Crippen LogP contribution is -2.24. The van der Waals surface area contributed by atoms with Crippen molar-refractivity contribution in [2.75, 3.05) is 0 Å². The fourth-order valence-corrected chi connectivity index (χ4v) is 2.47. The summed E-state index contributed by atoms with van der Waals surface area (Å²) in [7, 11) is 0. The van der Waals surface area contributed by atoms with E-state index in [-0.39, 0.29) is 18.1 Å². The molecule has 0 atom stereocenters. The van der Waals surface area contributed by atoms with Gasteiger partial charge >= 0.3 is 0 Å². The second-order valence-corrected chi connectivity index (χ2v) is 5.52. The second kappa shape index (κ2) is 6.20. The van der Waals surface area contributed by atoms with E-state index in [2.05, 4.69) is 10.3 Å². The molecule has 0 saturated heterocycles. The van der Waals surface area contributed by atoms with Gasteiger partial charge in [0.05, 0.1) is 6.42 Å². The van der Waals surface area contributed by atoms with Gasteiger partial charge in [0.25, 0.3) is 0 Å². The molecule has 0 unspecified atom stereocenters. The number of rotatable bonds is 4. The van der Waals surface area contributed by atoms with E-state index in [1.54, 1.807) is 24.4 Å². The highest BCUT2D eigenvalue weighted by Crippen LogP contribution is 2.19. The maximum Gasteiger partial charge on any atom is 0.224 e. The molecular formula is C17H14ClFN2O. The predicted octanol–water partition coefficient (Wildman–Crippen LogP) is 3.82. The van der Waals surface area contributed by atoms with Crippen molar-refractivity contribution in [1.29, 1.82) is 0 Å². The lowest BCUT2D eigenvalue weighted by molar-refractivity contribution is -0.120. The smallest absolute Gasteiger partial charge is 0.224 e. The molecule has 0 saturated carbocycles. The summed E-state index contributed by atoms with van der Waals surface area (Å²) >= 11 is 5.82. The summed E-state index contributed by atoms with van der Waals surface area (Å²) in [6.07, 6.45) is 1.99. The van der Waals surface area contributed by atoms with E-state index in [0.717, 1.165) is 16.5 Å². The van der Waals surface area contributed by atoms with Crippen molar-refractivity contribution >= 4 is 28.4 Å². The monoisotopic (exact) mass is 316 g/mol. The van der Waals surface area contributed by atoms with Crippen LogP contribution in [0.1, 0.15) is 11.1 Å². The molecule has 1 aromatic heterocycles. The van der Waals surface area contributed by atoms with Gasteiger partial charge in [0.2, 0.25) is 5.91 Å². The van der Waals surface area contributed by atoms with E-state index in [1.807, 2.05) is 12.1 Å². The highest BCUT2D eigenvalue weighted by atomic mass is 35.5. The number of halogens is 2. The number of aromatic amines is 1. The largest absolute Gasteiger partial charge is 0.361 e. The van der Waals surface area contributed by atoms with Crippen LogP contribution < -0.4 is 5.32 Å². The van der Waals surface area contributed by atoms with E-state index in [0.29, 0.717) is 17.1 Å². The number of carbonyl (C=O) groups is 1. The van der Waals surface area contributed by atoms with Crippen LogP contribution in [0.15, 0.2) is 48.7 Å². The fourth-order valence-electron chi connectivity index (χ4n) is 2.34. The molecule has 0 aliphatic carbocycles. The Bertz CT molecular complexity index is 811. The first kappa shape index (κ1) is 14.6. The van der Waals surface area contributed by atoms with E-state index in [1.165, 1.54) is 12.1 Å². The maximum absolute atomic E-state index is 13.1. The molecule has 2 N–H and O–H groups in total. The van der Waals surface area contributed by atoms with Crippen LogP contribution in [0, 0.1) is 5.82 Å². The van der Waals surface area contributed by atoms with Crippen LogP contribution in [-0.4, -0.2) is 10.9 Å². The molecule has 3 nitrogen and oxygen atoms in total. The molecule has 0 fully saturated rings. The number of benzene rings is 2. The molecule has 112 valence electrons. The lowest BCUT2D eigenvalue weighted by atomic mass is 10.1. The van der Waals surface area contributed by atoms with Crippen molar-refractivity contribution in [3.8, 4) is 0 Å². The predicted molar refractivity (Wildman–Crippen MR) is 85.3 cm³/mol. The number of H-pyrrole nitrogens is 1. The SMILES string of the molecule is O=C(Cc1c[nH]c2cc(F)ccc12)NCc1ccc(Cl)cc1. The van der Waals surface area contributed by atoms with Gasteiger partial charge < -0.3 is 10.3 Å². The third kappa shape index (κ3) is 3.28. The normalized spacial score (nSPS) is 10.8. The summed E-state index contributed by atoms with van der Waals surface area (Å²) in [6, 6.07) is 11.8. The topological polar surface area (TPSA) is 44.9 Å². The van der Waals surface area contributed by atoms with Gasteiger partial charge in [-0.05, 0) is 41.5 Å². The number of fused-ring (bicyclic) bond motifs is 1. The summed E-state index contributed by atoms with van der Waals surface area (Å²) in [5.74, 6) is -0.381. The standard InChI is InChI=1S/C17H14ClFN2O/c18-13-3-1-11(2-4-13)9-21-17(22)7-12-10-20-16-8-14(19)5-6-15(12)16/h1-6,8,10,20H,7,9H2,(H,21,22). The number of amides is 1. The van der Waals surface area contributed by atoms with Gasteiger partial charge in [-0.3, -0.25) is 4.79 Å². The van der Waals surface area contributed by atoms with Gasteiger partial charge in [0, 0.05) is 28.7 Å². The zero-order valence-corrected chi connectivity index (χ0v) is 12.5. The zero-order chi connectivity index (χ0) is 15.5. The van der Waals surface area contributed by atoms with Gasteiger partial charge in [-0.1, -0.05) is 23.7 Å². The first-order valence-electron chi connectivity index (χ1n) is 6.88. The van der Waals surface area contributed by atoms with Crippen LogP contribution in [-0.2, 0) is 17.8 Å². The number of aromatic nitrogens is 1. The van der Waals surface area contributed by atoms with Crippen molar-refractivity contribution in [1.82, 2.24) is 10.3 Å². The van der Waals surface area contributed by atoms with E-state index in [4.69, 9.17) is 11.6 Å². The van der Waals surface area contributed by atoms with Crippen molar-refractivity contribution in [3.05, 3.63) is 70.6 Å². The Balaban J connectivity index is 1.64. The Morgan fingerprint density at radius 1 is 1.18 bits per heavy atom. The summed E-state index contributed by atoms with van der Waals surface area (Å²) in [5, 5.41) is 4.39. The van der Waals surface area contributed by atoms with Crippen molar-refractivity contribution < 1.29 is 9.18 Å². The molecule has 0 aliphatic heterocycles. The molecule has 5 heteroatoms. The van der Waals surface area contributed by atoms with Crippen molar-refractivity contribution in [2.45, 2.75) is 13.0 Å². The van der Waals surface area contributed by atoms with E-state index >= 15 is 0 Å². The summed E-state index contributed by atoms with van der Waals surface area (Å²) in [5.41, 5.74) is 2.53. The molecule has 3 rings (SSSR count). The van der Waals surface area contributed by atoms with Crippen LogP contribution in [0.3, 0.4) is 0 Å². The summed E-state index contributed by atoms with van der Waals surface area (Å²) in [4.78, 5) is 15.0. The van der Waals surface area contributed by atoms with Gasteiger partial charge in [-0.15, -0.1) is 0 Å². The van der Waals surface area contributed by atoms with Crippen LogP contribution >= 0.6 is 11.6 Å². The minimum absolute atomic E-state index is 0.0832. The molecule has 0 aliphatic rings. The van der Waals surface area contributed by atoms with Gasteiger partial charge in [-0.25, -0.2) is 4.39 Å². The zero-order valence-electron chi connectivity index (χ0n) is 11.7. The number of carbonyl (C=O) groups excluding carboxylic acids is 1. The number of hydrogen-bond donors (Lipinski definition) is 2. The first-order chi connectivity index (χ1) is 10.6. The van der Waals surface area contributed by atoms with E-state index in [9.17, 15) is 9.18 Å². The summed E-state index contributed by atoms with van der Waals surface area (Å²) in [6.45, 7) is 0.451. The number of hydrogen-bond acceptors (Lipinski definition) is 1. The van der Waals surface area contributed by atoms with E-state index < -0.39 is 0 Å². The molecule has 22 heavy (non-hydrogen) atoms. The molecule has 0 bridgehead atoms. The van der Waals surface area contributed by atoms with Crippen LogP contribution in [0.5, 0.6) is 0 Å². The molecular weight excluding hydrogens is 303 g/mol. The Morgan fingerprint density at radius 2 is 1.95 bits per heavy atom. The molecule has 2 aromatic carbocycles. The Hall–Kier alpha value is -2.33. The van der Waals surface area contributed by atoms with Crippen LogP contribution in [0.4, 0.5) is 4.39 Å². The lowest BCUT2D eigenvalue weighted by Gasteiger charge is -2.05. The summed E-state index contributed by atoms with van der Waals surface area (Å²) < 4.78 is 13.1. The minimum atomic E-state index is -0.298. The highest BCUT2D eigenvalue weighted by Gasteiger charge is 2.09. The average molecular weight is 317 g/mol. The maximum atomic E-state index is 13.1. The molecule has 1 heterocycles. The Morgan fingerprint density at radius 3 is 2.73 bits per heavy atom. The quantitative estimate of drug-likeness (QED) is 0.755. The third-order valence-corrected chi connectivity index (χ3v) is 3.74. The minimum Gasteiger partial charge on any atom is -0.361 e. The van der Waals surface area contributed by atoms with Gasteiger partial charge in [0.1, 0.15) is 5.82 Å². The van der Waals surface area contributed by atoms with Crippen LogP contribution in [0.2, 0.25) is 5.02 Å². The first-order valence-corrected chi connectivity index (χ1v) is 7.26. The molecule has 3 aromatic rings. The average Bonchev–Trinajstić information content (AvgIpc) is 2.89. The third-order valence-electron chi connectivity index (χ3n) is 3.48. The van der Waals surface area contributed by atoms with Gasteiger partial charge in [0.15, 0.2) is 0 Å². The molecule has 0 spiro atoms. The Labute approximate surface area is 132 Å². The second-order valence-electron chi connectivity index (χ2n) is 5.08. The van der Waals surface area contributed by atoms with Gasteiger partial charge in [-0.2, -0.15) is 0 Å². The number of nitrogens with one attached hydrogen (secondary N) is 2. The molecule has 1 amide bonds.